The first-order valence-electron chi connectivity index (χ1n) is 7.38. The standard InChI is InChI=1S/C18H15BrN2O4S/c1-9-10(2)26-17(15(9)18(24)25-3)21-16(23)12(8-20)6-11-7-13(19)4-5-14(11)22/h4-7,22H,1-3H3,(H,21,23). The van der Waals surface area contributed by atoms with E-state index in [1.54, 1.807) is 19.1 Å². The van der Waals surface area contributed by atoms with E-state index in [4.69, 9.17) is 4.74 Å². The Bertz CT molecular complexity index is 957. The van der Waals surface area contributed by atoms with E-state index >= 15 is 0 Å². The number of nitrogens with zero attached hydrogens (tertiary/aromatic N) is 1. The molecule has 0 aliphatic rings. The van der Waals surface area contributed by atoms with Crippen molar-refractivity contribution in [2.45, 2.75) is 13.8 Å². The largest absolute Gasteiger partial charge is 0.507 e. The minimum absolute atomic E-state index is 0.0631. The van der Waals surface area contributed by atoms with E-state index in [1.807, 2.05) is 13.0 Å². The molecule has 1 aromatic heterocycles. The highest BCUT2D eigenvalue weighted by Crippen LogP contribution is 2.33. The SMILES string of the molecule is COC(=O)c1c(NC(=O)C(C#N)=Cc2cc(Br)ccc2O)sc(C)c1C. The third-order valence-electron chi connectivity index (χ3n) is 3.66. The number of nitrogens with one attached hydrogen (secondary N) is 1. The van der Waals surface area contributed by atoms with Gasteiger partial charge < -0.3 is 15.2 Å². The Balaban J connectivity index is 2.38. The lowest BCUT2D eigenvalue weighted by Crippen LogP contribution is -2.15. The zero-order valence-corrected chi connectivity index (χ0v) is 16.6. The fraction of sp³-hybridized carbons (Fsp3) is 0.167. The highest BCUT2D eigenvalue weighted by molar-refractivity contribution is 9.10. The number of carbonyl (C=O) groups excluding carboxylic acids is 2. The summed E-state index contributed by atoms with van der Waals surface area (Å²) in [5.41, 5.74) is 1.09. The predicted molar refractivity (Wildman–Crippen MR) is 103 cm³/mol. The molecule has 26 heavy (non-hydrogen) atoms. The van der Waals surface area contributed by atoms with Crippen LogP contribution in [0.2, 0.25) is 0 Å². The number of thiophene rings is 1. The van der Waals surface area contributed by atoms with Gasteiger partial charge in [-0.15, -0.1) is 11.3 Å². The van der Waals surface area contributed by atoms with Gasteiger partial charge in [0, 0.05) is 14.9 Å². The number of hydrogen-bond acceptors (Lipinski definition) is 6. The van der Waals surface area contributed by atoms with Crippen molar-refractivity contribution in [2.24, 2.45) is 0 Å². The molecule has 134 valence electrons. The zero-order valence-electron chi connectivity index (χ0n) is 14.2. The first-order chi connectivity index (χ1) is 12.3. The van der Waals surface area contributed by atoms with Crippen molar-refractivity contribution in [3.63, 3.8) is 0 Å². The molecule has 0 saturated carbocycles. The molecule has 0 bridgehead atoms. The van der Waals surface area contributed by atoms with Crippen LogP contribution in [0.25, 0.3) is 6.08 Å². The summed E-state index contributed by atoms with van der Waals surface area (Å²) in [6.07, 6.45) is 1.28. The van der Waals surface area contributed by atoms with Crippen molar-refractivity contribution < 1.29 is 19.4 Å². The number of aryl methyl sites for hydroxylation is 1. The van der Waals surface area contributed by atoms with Crippen molar-refractivity contribution in [2.75, 3.05) is 12.4 Å². The molecule has 0 saturated heterocycles. The van der Waals surface area contributed by atoms with Crippen LogP contribution in [-0.2, 0) is 9.53 Å². The molecule has 0 unspecified atom stereocenters. The van der Waals surface area contributed by atoms with E-state index in [1.165, 1.54) is 30.6 Å². The number of amides is 1. The monoisotopic (exact) mass is 434 g/mol. The summed E-state index contributed by atoms with van der Waals surface area (Å²) in [5, 5.41) is 22.1. The maximum atomic E-state index is 12.5. The van der Waals surface area contributed by atoms with E-state index in [0.717, 1.165) is 4.88 Å². The van der Waals surface area contributed by atoms with Crippen LogP contribution in [-0.4, -0.2) is 24.1 Å². The smallest absolute Gasteiger partial charge is 0.341 e. The lowest BCUT2D eigenvalue weighted by Gasteiger charge is -2.06. The van der Waals surface area contributed by atoms with Gasteiger partial charge in [0.1, 0.15) is 22.4 Å². The summed E-state index contributed by atoms with van der Waals surface area (Å²) < 4.78 is 5.45. The molecule has 8 heteroatoms. The average molecular weight is 435 g/mol. The van der Waals surface area contributed by atoms with Crippen molar-refractivity contribution in [1.29, 1.82) is 5.26 Å². The van der Waals surface area contributed by atoms with Crippen LogP contribution in [0.15, 0.2) is 28.2 Å². The van der Waals surface area contributed by atoms with Gasteiger partial charge in [-0.05, 0) is 43.7 Å². The van der Waals surface area contributed by atoms with E-state index in [2.05, 4.69) is 21.2 Å². The minimum Gasteiger partial charge on any atom is -0.507 e. The number of rotatable bonds is 4. The van der Waals surface area contributed by atoms with Crippen LogP contribution in [0.1, 0.15) is 26.4 Å². The second-order valence-corrected chi connectivity index (χ2v) is 7.45. The van der Waals surface area contributed by atoms with Gasteiger partial charge in [0.2, 0.25) is 0 Å². The summed E-state index contributed by atoms with van der Waals surface area (Å²) in [6.45, 7) is 3.58. The van der Waals surface area contributed by atoms with Gasteiger partial charge in [0.25, 0.3) is 5.91 Å². The van der Waals surface area contributed by atoms with Crippen LogP contribution >= 0.6 is 27.3 Å². The summed E-state index contributed by atoms with van der Waals surface area (Å²) in [6, 6.07) is 6.48. The van der Waals surface area contributed by atoms with E-state index < -0.39 is 11.9 Å². The normalized spacial score (nSPS) is 11.0. The molecule has 1 aromatic carbocycles. The number of aromatic hydroxyl groups is 1. The van der Waals surface area contributed by atoms with E-state index in [0.29, 0.717) is 20.6 Å². The molecular weight excluding hydrogens is 420 g/mol. The van der Waals surface area contributed by atoms with Crippen LogP contribution in [0.4, 0.5) is 5.00 Å². The molecule has 0 spiro atoms. The molecule has 0 fully saturated rings. The number of anilines is 1. The quantitative estimate of drug-likeness (QED) is 0.427. The van der Waals surface area contributed by atoms with Gasteiger partial charge in [0.05, 0.1) is 12.7 Å². The first-order valence-corrected chi connectivity index (χ1v) is 8.99. The summed E-state index contributed by atoms with van der Waals surface area (Å²) >= 11 is 4.50. The Morgan fingerprint density at radius 1 is 1.38 bits per heavy atom. The summed E-state index contributed by atoms with van der Waals surface area (Å²) in [4.78, 5) is 25.3. The highest BCUT2D eigenvalue weighted by atomic mass is 79.9. The number of hydrogen-bond donors (Lipinski definition) is 2. The summed E-state index contributed by atoms with van der Waals surface area (Å²) in [5.74, 6) is -1.31. The first kappa shape index (κ1) is 19.7. The number of phenolic OH excluding ortho intramolecular Hbond substituents is 1. The maximum Gasteiger partial charge on any atom is 0.341 e. The fourth-order valence-electron chi connectivity index (χ4n) is 2.18. The van der Waals surface area contributed by atoms with Gasteiger partial charge in [-0.2, -0.15) is 5.26 Å². The van der Waals surface area contributed by atoms with Crippen LogP contribution in [0, 0.1) is 25.2 Å². The molecule has 0 atom stereocenters. The highest BCUT2D eigenvalue weighted by Gasteiger charge is 2.22. The van der Waals surface area contributed by atoms with Gasteiger partial charge >= 0.3 is 5.97 Å². The van der Waals surface area contributed by atoms with Crippen molar-refractivity contribution >= 4 is 50.2 Å². The summed E-state index contributed by atoms with van der Waals surface area (Å²) in [7, 11) is 1.26. The van der Waals surface area contributed by atoms with Crippen LogP contribution in [0.3, 0.4) is 0 Å². The molecule has 0 aliphatic carbocycles. The molecule has 0 aliphatic heterocycles. The zero-order chi connectivity index (χ0) is 19.4. The number of esters is 1. The van der Waals surface area contributed by atoms with Crippen LogP contribution < -0.4 is 5.32 Å². The van der Waals surface area contributed by atoms with Crippen molar-refractivity contribution in [1.82, 2.24) is 0 Å². The number of benzene rings is 1. The number of halogens is 1. The molecule has 2 aromatic rings. The van der Waals surface area contributed by atoms with E-state index in [9.17, 15) is 20.0 Å². The van der Waals surface area contributed by atoms with Gasteiger partial charge in [-0.1, -0.05) is 15.9 Å². The Hall–Kier alpha value is -2.63. The number of ether oxygens (including phenoxy) is 1. The van der Waals surface area contributed by atoms with Crippen molar-refractivity contribution in [3.8, 4) is 11.8 Å². The number of nitriles is 1. The molecule has 6 nitrogen and oxygen atoms in total. The van der Waals surface area contributed by atoms with E-state index in [-0.39, 0.29) is 16.9 Å². The molecule has 0 radical (unpaired) electrons. The Labute approximate surface area is 162 Å². The van der Waals surface area contributed by atoms with Gasteiger partial charge in [-0.25, -0.2) is 4.79 Å². The van der Waals surface area contributed by atoms with Crippen molar-refractivity contribution in [3.05, 3.63) is 49.8 Å². The molecule has 2 rings (SSSR count). The number of phenols is 1. The topological polar surface area (TPSA) is 99.4 Å². The Morgan fingerprint density at radius 2 is 2.08 bits per heavy atom. The van der Waals surface area contributed by atoms with Gasteiger partial charge in [0.15, 0.2) is 0 Å². The Morgan fingerprint density at radius 3 is 2.69 bits per heavy atom. The number of methoxy groups -OCH3 is 1. The molecule has 1 heterocycles. The minimum atomic E-state index is -0.682. The number of carbonyl (C=O) groups is 2. The molecular formula is C18H15BrN2O4S. The third-order valence-corrected chi connectivity index (χ3v) is 5.27. The lowest BCUT2D eigenvalue weighted by molar-refractivity contribution is -0.112. The second kappa shape index (κ2) is 8.17. The fourth-order valence-corrected chi connectivity index (χ4v) is 3.60. The van der Waals surface area contributed by atoms with Crippen LogP contribution in [0.5, 0.6) is 5.75 Å². The molecule has 1 amide bonds. The maximum absolute atomic E-state index is 12.5. The third kappa shape index (κ3) is 4.12. The lowest BCUT2D eigenvalue weighted by atomic mass is 10.1. The Kier molecular flexibility index (Phi) is 6.18. The second-order valence-electron chi connectivity index (χ2n) is 5.31. The molecule has 2 N–H and O–H groups in total. The van der Waals surface area contributed by atoms with Gasteiger partial charge in [-0.3, -0.25) is 4.79 Å². The predicted octanol–water partition coefficient (Wildman–Crippen LogP) is 4.17. The average Bonchev–Trinajstić information content (AvgIpc) is 2.88.